The minimum absolute atomic E-state index is 0.553. The molecule has 1 aromatic heterocycles. The van der Waals surface area contributed by atoms with Gasteiger partial charge in [-0.05, 0) is 41.7 Å². The summed E-state index contributed by atoms with van der Waals surface area (Å²) in [5, 5.41) is 0. The van der Waals surface area contributed by atoms with Crippen molar-refractivity contribution >= 4 is 0 Å². The van der Waals surface area contributed by atoms with E-state index in [1.807, 2.05) is 0 Å². The summed E-state index contributed by atoms with van der Waals surface area (Å²) in [6.07, 6.45) is 2.24. The van der Waals surface area contributed by atoms with Crippen molar-refractivity contribution in [3.8, 4) is 22.4 Å². The lowest BCUT2D eigenvalue weighted by Gasteiger charge is -2.09. The van der Waals surface area contributed by atoms with Crippen molar-refractivity contribution in [2.24, 2.45) is 7.05 Å². The number of aromatic nitrogens is 1. The molecule has 0 radical (unpaired) electrons. The zero-order valence-electron chi connectivity index (χ0n) is 14.4. The fraction of sp³-hybridized carbons (Fsp3) is 0.227. The van der Waals surface area contributed by atoms with Crippen LogP contribution in [0.4, 0.5) is 0 Å². The molecule has 0 amide bonds. The Morgan fingerprint density at radius 1 is 0.826 bits per heavy atom. The Morgan fingerprint density at radius 3 is 2.17 bits per heavy atom. The van der Waals surface area contributed by atoms with Crippen LogP contribution in [0.15, 0.2) is 66.9 Å². The molecular formula is C22H24N+. The van der Waals surface area contributed by atoms with Crippen LogP contribution in [0.2, 0.25) is 0 Å². The molecule has 3 aromatic rings. The van der Waals surface area contributed by atoms with E-state index >= 15 is 0 Å². The van der Waals surface area contributed by atoms with Crippen molar-refractivity contribution in [3.05, 3.63) is 78.0 Å². The van der Waals surface area contributed by atoms with E-state index in [-0.39, 0.29) is 0 Å². The van der Waals surface area contributed by atoms with Gasteiger partial charge >= 0.3 is 0 Å². The predicted molar refractivity (Wildman–Crippen MR) is 97.3 cm³/mol. The molecule has 1 nitrogen and oxygen atoms in total. The summed E-state index contributed by atoms with van der Waals surface area (Å²) in [7, 11) is 2.13. The van der Waals surface area contributed by atoms with E-state index in [9.17, 15) is 0 Å². The zero-order valence-corrected chi connectivity index (χ0v) is 14.4. The third-order valence-electron chi connectivity index (χ3n) is 4.43. The fourth-order valence-electron chi connectivity index (χ4n) is 3.01. The zero-order chi connectivity index (χ0) is 16.4. The van der Waals surface area contributed by atoms with Gasteiger partial charge in [-0.1, -0.05) is 56.3 Å². The van der Waals surface area contributed by atoms with Crippen molar-refractivity contribution in [3.63, 3.8) is 0 Å². The standard InChI is InChI=1S/C22H24N/c1-16(2)20-11-13-22(23(4)15-20)21-12-10-19(14-17(21)3)18-8-6-5-7-9-18/h5-16H,1-4H3/q+1. The summed E-state index contributed by atoms with van der Waals surface area (Å²) in [6.45, 7) is 6.65. The normalized spacial score (nSPS) is 11.0. The molecule has 0 fully saturated rings. The molecular weight excluding hydrogens is 278 g/mol. The van der Waals surface area contributed by atoms with Crippen molar-refractivity contribution in [2.75, 3.05) is 0 Å². The van der Waals surface area contributed by atoms with Crippen molar-refractivity contribution in [1.82, 2.24) is 0 Å². The smallest absolute Gasteiger partial charge is 0.201 e. The second-order valence-corrected chi connectivity index (χ2v) is 6.51. The van der Waals surface area contributed by atoms with Gasteiger partial charge in [0.05, 0.1) is 0 Å². The van der Waals surface area contributed by atoms with E-state index < -0.39 is 0 Å². The maximum Gasteiger partial charge on any atom is 0.212 e. The highest BCUT2D eigenvalue weighted by atomic mass is 14.9. The van der Waals surface area contributed by atoms with Crippen LogP contribution in [-0.4, -0.2) is 0 Å². The van der Waals surface area contributed by atoms with Crippen LogP contribution in [0.3, 0.4) is 0 Å². The van der Waals surface area contributed by atoms with E-state index in [1.165, 1.54) is 33.5 Å². The lowest BCUT2D eigenvalue weighted by molar-refractivity contribution is -0.660. The first-order chi connectivity index (χ1) is 11.1. The van der Waals surface area contributed by atoms with Crippen LogP contribution >= 0.6 is 0 Å². The van der Waals surface area contributed by atoms with E-state index in [0.29, 0.717) is 5.92 Å². The third kappa shape index (κ3) is 3.19. The van der Waals surface area contributed by atoms with Crippen LogP contribution in [0.25, 0.3) is 22.4 Å². The highest BCUT2D eigenvalue weighted by molar-refractivity contribution is 5.70. The molecule has 1 heteroatoms. The summed E-state index contributed by atoms with van der Waals surface area (Å²) in [4.78, 5) is 0. The summed E-state index contributed by atoms with van der Waals surface area (Å²) in [5.41, 5.74) is 7.76. The van der Waals surface area contributed by atoms with Crippen LogP contribution in [-0.2, 0) is 7.05 Å². The minimum atomic E-state index is 0.553. The van der Waals surface area contributed by atoms with Gasteiger partial charge in [-0.2, -0.15) is 0 Å². The van der Waals surface area contributed by atoms with Gasteiger partial charge < -0.3 is 0 Å². The number of rotatable bonds is 3. The molecule has 0 spiro atoms. The van der Waals surface area contributed by atoms with Crippen LogP contribution in [0, 0.1) is 6.92 Å². The first-order valence-corrected chi connectivity index (χ1v) is 8.22. The topological polar surface area (TPSA) is 3.88 Å². The lowest BCUT2D eigenvalue weighted by atomic mass is 9.97. The maximum atomic E-state index is 2.28. The molecule has 2 aromatic carbocycles. The van der Waals surface area contributed by atoms with Gasteiger partial charge in [0.1, 0.15) is 7.05 Å². The Balaban J connectivity index is 2.02. The first kappa shape index (κ1) is 15.5. The van der Waals surface area contributed by atoms with Gasteiger partial charge in [0.2, 0.25) is 5.69 Å². The molecule has 0 aliphatic carbocycles. The van der Waals surface area contributed by atoms with Gasteiger partial charge in [0, 0.05) is 17.2 Å². The van der Waals surface area contributed by atoms with Gasteiger partial charge in [-0.25, -0.2) is 4.57 Å². The van der Waals surface area contributed by atoms with E-state index in [2.05, 4.69) is 99.2 Å². The SMILES string of the molecule is Cc1cc(-c2ccccc2)ccc1-c1ccc(C(C)C)c[n+]1C. The Morgan fingerprint density at radius 2 is 1.57 bits per heavy atom. The Hall–Kier alpha value is -2.41. The van der Waals surface area contributed by atoms with Gasteiger partial charge in [0.15, 0.2) is 6.20 Å². The quantitative estimate of drug-likeness (QED) is 0.580. The number of benzene rings is 2. The van der Waals surface area contributed by atoms with Crippen LogP contribution in [0.1, 0.15) is 30.9 Å². The van der Waals surface area contributed by atoms with Crippen molar-refractivity contribution < 1.29 is 4.57 Å². The molecule has 0 aliphatic rings. The first-order valence-electron chi connectivity index (χ1n) is 8.22. The molecule has 0 aliphatic heterocycles. The summed E-state index contributed by atoms with van der Waals surface area (Å²) in [5.74, 6) is 0.553. The number of nitrogens with zero attached hydrogens (tertiary/aromatic N) is 1. The predicted octanol–water partition coefficient (Wildman–Crippen LogP) is 5.28. The second-order valence-electron chi connectivity index (χ2n) is 6.51. The number of aryl methyl sites for hydroxylation is 2. The third-order valence-corrected chi connectivity index (χ3v) is 4.43. The minimum Gasteiger partial charge on any atom is -0.201 e. The van der Waals surface area contributed by atoms with Crippen LogP contribution in [0.5, 0.6) is 0 Å². The Bertz CT molecular complexity index is 817. The average Bonchev–Trinajstić information content (AvgIpc) is 2.56. The van der Waals surface area contributed by atoms with Crippen LogP contribution < -0.4 is 4.57 Å². The van der Waals surface area contributed by atoms with Crippen molar-refractivity contribution in [2.45, 2.75) is 26.7 Å². The largest absolute Gasteiger partial charge is 0.212 e. The van der Waals surface area contributed by atoms with Gasteiger partial charge in [0.25, 0.3) is 0 Å². The summed E-state index contributed by atoms with van der Waals surface area (Å²) >= 11 is 0. The fourth-order valence-corrected chi connectivity index (χ4v) is 3.01. The lowest BCUT2D eigenvalue weighted by Crippen LogP contribution is -2.31. The Labute approximate surface area is 139 Å². The maximum absolute atomic E-state index is 2.28. The molecule has 1 heterocycles. The molecule has 0 unspecified atom stereocenters. The number of pyridine rings is 1. The van der Waals surface area contributed by atoms with Gasteiger partial charge in [-0.3, -0.25) is 0 Å². The number of hydrogen-bond donors (Lipinski definition) is 0. The Kier molecular flexibility index (Phi) is 4.29. The molecule has 23 heavy (non-hydrogen) atoms. The average molecular weight is 302 g/mol. The van der Waals surface area contributed by atoms with E-state index in [4.69, 9.17) is 0 Å². The van der Waals surface area contributed by atoms with E-state index in [0.717, 1.165) is 0 Å². The van der Waals surface area contributed by atoms with Gasteiger partial charge in [-0.15, -0.1) is 0 Å². The highest BCUT2D eigenvalue weighted by Crippen LogP contribution is 2.27. The molecule has 0 saturated carbocycles. The molecule has 3 rings (SSSR count). The monoisotopic (exact) mass is 302 g/mol. The number of hydrogen-bond acceptors (Lipinski definition) is 0. The molecule has 0 atom stereocenters. The molecule has 116 valence electrons. The molecule has 0 bridgehead atoms. The van der Waals surface area contributed by atoms with E-state index in [1.54, 1.807) is 0 Å². The second kappa shape index (κ2) is 6.37. The summed E-state index contributed by atoms with van der Waals surface area (Å²) in [6, 6.07) is 21.8. The summed E-state index contributed by atoms with van der Waals surface area (Å²) < 4.78 is 2.24. The molecule has 0 N–H and O–H groups in total. The molecule has 0 saturated heterocycles. The van der Waals surface area contributed by atoms with Crippen molar-refractivity contribution in [1.29, 1.82) is 0 Å². The highest BCUT2D eigenvalue weighted by Gasteiger charge is 2.14.